The van der Waals surface area contributed by atoms with Gasteiger partial charge >= 0.3 is 0 Å². The highest BCUT2D eigenvalue weighted by Gasteiger charge is 2.11. The number of anilines is 2. The fraction of sp³-hybridized carbons (Fsp3) is 0.148. The fourth-order valence-electron chi connectivity index (χ4n) is 3.64. The quantitative estimate of drug-likeness (QED) is 0.319. The molecule has 2 aromatic heterocycles. The van der Waals surface area contributed by atoms with Gasteiger partial charge in [0.05, 0.1) is 28.2 Å². The van der Waals surface area contributed by atoms with Crippen molar-refractivity contribution in [3.05, 3.63) is 95.0 Å². The van der Waals surface area contributed by atoms with Crippen molar-refractivity contribution in [2.75, 3.05) is 11.9 Å². The minimum Gasteiger partial charge on any atom is -0.355 e. The Morgan fingerprint density at radius 3 is 2.70 bits per heavy atom. The monoisotopic (exact) mass is 437 g/mol. The van der Waals surface area contributed by atoms with Gasteiger partial charge in [-0.15, -0.1) is 0 Å². The Hall–Kier alpha value is -4.19. The maximum Gasteiger partial charge on any atom is 0.253 e. The molecule has 0 aliphatic rings. The molecule has 0 aliphatic heterocycles. The van der Waals surface area contributed by atoms with E-state index in [-0.39, 0.29) is 5.91 Å². The maximum atomic E-state index is 12.6. The number of carbonyl (C=O) groups excluding carboxylic acids is 1. The molecule has 0 saturated heterocycles. The van der Waals surface area contributed by atoms with E-state index in [9.17, 15) is 4.79 Å². The van der Waals surface area contributed by atoms with Gasteiger partial charge < -0.3 is 10.6 Å². The van der Waals surface area contributed by atoms with Gasteiger partial charge in [-0.1, -0.05) is 24.3 Å². The SMILES string of the molecule is C=C(C)CNC(=O)c1ccccc1Nc1ccc2c(/C=C/c3cc(C)cc(C)n3)n[nH]c2c1. The number of pyridine rings is 1. The lowest BCUT2D eigenvalue weighted by Gasteiger charge is -2.12. The number of aromatic nitrogens is 3. The Labute approximate surface area is 193 Å². The summed E-state index contributed by atoms with van der Waals surface area (Å²) in [5.41, 5.74) is 7.89. The van der Waals surface area contributed by atoms with Crippen LogP contribution >= 0.6 is 0 Å². The summed E-state index contributed by atoms with van der Waals surface area (Å²) in [5, 5.41) is 14.8. The number of nitrogens with one attached hydrogen (secondary N) is 3. The minimum absolute atomic E-state index is 0.142. The lowest BCUT2D eigenvalue weighted by Crippen LogP contribution is -2.25. The number of H-pyrrole nitrogens is 1. The number of carbonyl (C=O) groups is 1. The van der Waals surface area contributed by atoms with Crippen LogP contribution in [0, 0.1) is 13.8 Å². The number of hydrogen-bond acceptors (Lipinski definition) is 4. The van der Waals surface area contributed by atoms with Crippen molar-refractivity contribution < 1.29 is 4.79 Å². The van der Waals surface area contributed by atoms with Crippen LogP contribution in [-0.2, 0) is 0 Å². The van der Waals surface area contributed by atoms with Gasteiger partial charge in [0.15, 0.2) is 0 Å². The van der Waals surface area contributed by atoms with Crippen LogP contribution in [-0.4, -0.2) is 27.6 Å². The summed E-state index contributed by atoms with van der Waals surface area (Å²) >= 11 is 0. The largest absolute Gasteiger partial charge is 0.355 e. The van der Waals surface area contributed by atoms with Gasteiger partial charge in [-0.3, -0.25) is 14.9 Å². The highest BCUT2D eigenvalue weighted by Crippen LogP contribution is 2.26. The van der Waals surface area contributed by atoms with Gasteiger partial charge in [-0.2, -0.15) is 5.10 Å². The van der Waals surface area contributed by atoms with E-state index < -0.39 is 0 Å². The average molecular weight is 438 g/mol. The second-order valence-corrected chi connectivity index (χ2v) is 8.22. The first-order valence-electron chi connectivity index (χ1n) is 10.8. The smallest absolute Gasteiger partial charge is 0.253 e. The van der Waals surface area contributed by atoms with Crippen LogP contribution in [0.25, 0.3) is 23.1 Å². The zero-order chi connectivity index (χ0) is 23.4. The van der Waals surface area contributed by atoms with E-state index in [1.54, 1.807) is 6.07 Å². The molecule has 0 atom stereocenters. The first-order valence-corrected chi connectivity index (χ1v) is 10.8. The molecule has 166 valence electrons. The molecule has 2 aromatic carbocycles. The second-order valence-electron chi connectivity index (χ2n) is 8.22. The van der Waals surface area contributed by atoms with Crippen LogP contribution in [0.4, 0.5) is 11.4 Å². The predicted octanol–water partition coefficient (Wildman–Crippen LogP) is 5.79. The molecule has 4 rings (SSSR count). The minimum atomic E-state index is -0.142. The number of rotatable bonds is 7. The molecular weight excluding hydrogens is 410 g/mol. The first kappa shape index (κ1) is 22.0. The van der Waals surface area contributed by atoms with Gasteiger partial charge in [0.2, 0.25) is 0 Å². The number of aromatic amines is 1. The van der Waals surface area contributed by atoms with E-state index in [1.807, 2.05) is 68.5 Å². The van der Waals surface area contributed by atoms with Crippen LogP contribution in [0.3, 0.4) is 0 Å². The van der Waals surface area contributed by atoms with Crippen molar-refractivity contribution in [2.24, 2.45) is 0 Å². The molecule has 6 nitrogen and oxygen atoms in total. The van der Waals surface area contributed by atoms with E-state index in [4.69, 9.17) is 0 Å². The number of nitrogens with zero attached hydrogens (tertiary/aromatic N) is 2. The summed E-state index contributed by atoms with van der Waals surface area (Å²) in [6, 6.07) is 17.5. The molecule has 0 saturated carbocycles. The summed E-state index contributed by atoms with van der Waals surface area (Å²) < 4.78 is 0. The van der Waals surface area contributed by atoms with Crippen LogP contribution < -0.4 is 10.6 Å². The molecule has 6 heteroatoms. The number of hydrogen-bond donors (Lipinski definition) is 3. The summed E-state index contributed by atoms with van der Waals surface area (Å²) in [4.78, 5) is 17.1. The zero-order valence-corrected chi connectivity index (χ0v) is 19.1. The number of fused-ring (bicyclic) bond motifs is 1. The Morgan fingerprint density at radius 2 is 1.91 bits per heavy atom. The third kappa shape index (κ3) is 5.36. The lowest BCUT2D eigenvalue weighted by molar-refractivity contribution is 0.0958. The van der Waals surface area contributed by atoms with E-state index in [0.717, 1.165) is 44.9 Å². The number of amides is 1. The Kier molecular flexibility index (Phi) is 6.36. The van der Waals surface area contributed by atoms with Crippen molar-refractivity contribution in [3.8, 4) is 0 Å². The first-order chi connectivity index (χ1) is 15.9. The standard InChI is InChI=1S/C27H27N5O/c1-17(2)16-28-27(33)23-7-5-6-8-24(23)30-21-9-11-22-25(31-32-26(22)15-21)12-10-20-14-18(3)13-19(4)29-20/h5-15,30H,1,16H2,2-4H3,(H,28,33)(H,31,32)/b12-10+. The molecular formula is C27H27N5O. The number of para-hydroxylation sites is 1. The van der Waals surface area contributed by atoms with E-state index >= 15 is 0 Å². The van der Waals surface area contributed by atoms with Gasteiger partial charge in [0, 0.05) is 23.3 Å². The van der Waals surface area contributed by atoms with Gasteiger partial charge in [0.1, 0.15) is 0 Å². The number of benzene rings is 2. The molecule has 2 heterocycles. The predicted molar refractivity (Wildman–Crippen MR) is 136 cm³/mol. The van der Waals surface area contributed by atoms with Crippen molar-refractivity contribution in [2.45, 2.75) is 20.8 Å². The van der Waals surface area contributed by atoms with Gasteiger partial charge in [-0.25, -0.2) is 0 Å². The molecule has 4 aromatic rings. The Bertz CT molecular complexity index is 1350. The molecule has 0 bridgehead atoms. The molecule has 1 amide bonds. The van der Waals surface area contributed by atoms with Crippen molar-refractivity contribution >= 4 is 40.3 Å². The highest BCUT2D eigenvalue weighted by molar-refractivity contribution is 6.00. The number of aryl methyl sites for hydroxylation is 2. The van der Waals surface area contributed by atoms with Gasteiger partial charge in [0.25, 0.3) is 5.91 Å². The third-order valence-electron chi connectivity index (χ3n) is 5.12. The summed E-state index contributed by atoms with van der Waals surface area (Å²) in [7, 11) is 0. The molecule has 0 fully saturated rings. The van der Waals surface area contributed by atoms with E-state index in [0.29, 0.717) is 12.1 Å². The topological polar surface area (TPSA) is 82.7 Å². The van der Waals surface area contributed by atoms with Crippen molar-refractivity contribution in [1.29, 1.82) is 0 Å². The molecule has 0 aliphatic carbocycles. The molecule has 0 radical (unpaired) electrons. The summed E-state index contributed by atoms with van der Waals surface area (Å²) in [5.74, 6) is -0.142. The Morgan fingerprint density at radius 1 is 1.09 bits per heavy atom. The van der Waals surface area contributed by atoms with Crippen LogP contribution in [0.15, 0.2) is 66.7 Å². The van der Waals surface area contributed by atoms with Crippen LogP contribution in [0.5, 0.6) is 0 Å². The molecule has 3 N–H and O–H groups in total. The fourth-order valence-corrected chi connectivity index (χ4v) is 3.64. The molecule has 0 unspecified atom stereocenters. The van der Waals surface area contributed by atoms with Crippen LogP contribution in [0.2, 0.25) is 0 Å². The van der Waals surface area contributed by atoms with E-state index in [2.05, 4.69) is 45.4 Å². The maximum absolute atomic E-state index is 12.6. The molecule has 0 spiro atoms. The summed E-state index contributed by atoms with van der Waals surface area (Å²) in [6.45, 7) is 10.2. The highest BCUT2D eigenvalue weighted by atomic mass is 16.1. The van der Waals surface area contributed by atoms with E-state index in [1.165, 1.54) is 5.56 Å². The van der Waals surface area contributed by atoms with Crippen molar-refractivity contribution in [3.63, 3.8) is 0 Å². The van der Waals surface area contributed by atoms with Gasteiger partial charge in [-0.05, 0) is 81.0 Å². The molecule has 33 heavy (non-hydrogen) atoms. The Balaban J connectivity index is 1.55. The summed E-state index contributed by atoms with van der Waals surface area (Å²) in [6.07, 6.45) is 3.94. The second kappa shape index (κ2) is 9.53. The average Bonchev–Trinajstić information content (AvgIpc) is 3.18. The lowest BCUT2D eigenvalue weighted by atomic mass is 10.1. The van der Waals surface area contributed by atoms with Crippen molar-refractivity contribution in [1.82, 2.24) is 20.5 Å². The zero-order valence-electron chi connectivity index (χ0n) is 19.1. The third-order valence-corrected chi connectivity index (χ3v) is 5.12. The normalized spacial score (nSPS) is 11.1. The van der Waals surface area contributed by atoms with Crippen LogP contribution in [0.1, 0.15) is 39.9 Å².